The molecule has 0 aromatic carbocycles. The quantitative estimate of drug-likeness (QED) is 0.854. The number of nitrogens with one attached hydrogen (secondary N) is 1. The van der Waals surface area contributed by atoms with Crippen LogP contribution in [0, 0.1) is 11.8 Å². The summed E-state index contributed by atoms with van der Waals surface area (Å²) in [4.78, 5) is 0. The summed E-state index contributed by atoms with van der Waals surface area (Å²) in [5.41, 5.74) is 0.306. The van der Waals surface area contributed by atoms with E-state index in [9.17, 15) is 0 Å². The molecule has 0 bridgehead atoms. The highest BCUT2D eigenvalue weighted by molar-refractivity contribution is 7.99. The molecule has 0 amide bonds. The molecule has 2 aliphatic heterocycles. The van der Waals surface area contributed by atoms with E-state index in [4.69, 9.17) is 4.74 Å². The van der Waals surface area contributed by atoms with E-state index in [2.05, 4.69) is 24.1 Å². The summed E-state index contributed by atoms with van der Waals surface area (Å²) >= 11 is 2.14. The highest BCUT2D eigenvalue weighted by atomic mass is 32.2. The second-order valence-corrected chi connectivity index (χ2v) is 8.05. The molecule has 2 nitrogen and oxygen atoms in total. The zero-order chi connectivity index (χ0) is 13.1. The Balaban J connectivity index is 1.54. The molecule has 3 aliphatic rings. The van der Waals surface area contributed by atoms with Crippen LogP contribution in [0.5, 0.6) is 0 Å². The van der Waals surface area contributed by atoms with Crippen molar-refractivity contribution < 1.29 is 4.74 Å². The van der Waals surface area contributed by atoms with Gasteiger partial charge < -0.3 is 10.1 Å². The van der Waals surface area contributed by atoms with Crippen LogP contribution in [0.1, 0.15) is 51.4 Å². The van der Waals surface area contributed by atoms with Crippen molar-refractivity contribution in [2.45, 2.75) is 63.0 Å². The summed E-state index contributed by atoms with van der Waals surface area (Å²) in [5, 5.41) is 3.64. The van der Waals surface area contributed by atoms with Crippen LogP contribution in [0.15, 0.2) is 0 Å². The van der Waals surface area contributed by atoms with Gasteiger partial charge in [0, 0.05) is 12.6 Å². The van der Waals surface area contributed by atoms with Gasteiger partial charge in [0.1, 0.15) is 0 Å². The average Bonchev–Trinajstić information content (AvgIpc) is 2.44. The van der Waals surface area contributed by atoms with Gasteiger partial charge in [-0.3, -0.25) is 0 Å². The van der Waals surface area contributed by atoms with E-state index in [-0.39, 0.29) is 0 Å². The van der Waals surface area contributed by atoms with Gasteiger partial charge in [-0.15, -0.1) is 0 Å². The molecule has 3 rings (SSSR count). The van der Waals surface area contributed by atoms with Gasteiger partial charge in [-0.05, 0) is 81.8 Å². The predicted octanol–water partition coefficient (Wildman–Crippen LogP) is 3.46. The van der Waals surface area contributed by atoms with Crippen LogP contribution < -0.4 is 5.32 Å². The Morgan fingerprint density at radius 2 is 2.05 bits per heavy atom. The van der Waals surface area contributed by atoms with Crippen molar-refractivity contribution in [3.8, 4) is 0 Å². The second kappa shape index (κ2) is 6.36. The predicted molar refractivity (Wildman–Crippen MR) is 82.8 cm³/mol. The fourth-order valence-electron chi connectivity index (χ4n) is 4.22. The molecule has 1 N–H and O–H groups in total. The highest BCUT2D eigenvalue weighted by Crippen LogP contribution is 2.45. The molecule has 19 heavy (non-hydrogen) atoms. The van der Waals surface area contributed by atoms with Crippen LogP contribution in [0.3, 0.4) is 0 Å². The first-order valence-electron chi connectivity index (χ1n) is 8.20. The third-order valence-corrected chi connectivity index (χ3v) is 6.71. The Morgan fingerprint density at radius 1 is 1.26 bits per heavy atom. The van der Waals surface area contributed by atoms with Crippen LogP contribution in [-0.2, 0) is 4.74 Å². The van der Waals surface area contributed by atoms with E-state index >= 15 is 0 Å². The van der Waals surface area contributed by atoms with Crippen LogP contribution in [0.4, 0.5) is 0 Å². The normalized spacial score (nSPS) is 33.0. The Hall–Kier alpha value is 0.270. The van der Waals surface area contributed by atoms with Crippen LogP contribution in [-0.4, -0.2) is 36.8 Å². The zero-order valence-corrected chi connectivity index (χ0v) is 13.1. The maximum absolute atomic E-state index is 6.09. The molecular weight excluding hydrogens is 254 g/mol. The Bertz CT molecular complexity index is 286. The van der Waals surface area contributed by atoms with Gasteiger partial charge in [-0.2, -0.15) is 11.8 Å². The average molecular weight is 283 g/mol. The Labute approximate surface area is 122 Å². The molecule has 1 spiro atoms. The molecule has 0 radical (unpaired) electrons. The summed E-state index contributed by atoms with van der Waals surface area (Å²) < 4.78 is 6.09. The van der Waals surface area contributed by atoms with Gasteiger partial charge in [-0.25, -0.2) is 0 Å². The molecule has 110 valence electrons. The summed E-state index contributed by atoms with van der Waals surface area (Å²) in [6.07, 6.45) is 10.9. The molecule has 2 unspecified atom stereocenters. The molecule has 1 aliphatic carbocycles. The van der Waals surface area contributed by atoms with Gasteiger partial charge in [0.15, 0.2) is 0 Å². The lowest BCUT2D eigenvalue weighted by Gasteiger charge is -2.49. The Kier molecular flexibility index (Phi) is 4.76. The van der Waals surface area contributed by atoms with E-state index in [1.807, 2.05) is 0 Å². The van der Waals surface area contributed by atoms with Crippen molar-refractivity contribution in [3.05, 3.63) is 0 Å². The zero-order valence-electron chi connectivity index (χ0n) is 12.3. The molecule has 1 saturated carbocycles. The standard InChI is InChI=1S/C16H29NOS/c1-17-15(11-13-4-9-19-10-5-13)14-3-8-18-16(12-14)6-2-7-16/h13-15,17H,2-12H2,1H3. The number of rotatable bonds is 4. The minimum absolute atomic E-state index is 0.306. The SMILES string of the molecule is CNC(CC1CCSCC1)C1CCOC2(CCC2)C1. The summed E-state index contributed by atoms with van der Waals surface area (Å²) in [5.74, 6) is 4.60. The second-order valence-electron chi connectivity index (χ2n) is 6.82. The van der Waals surface area contributed by atoms with Crippen LogP contribution in [0.25, 0.3) is 0 Å². The summed E-state index contributed by atoms with van der Waals surface area (Å²) in [6, 6.07) is 0.731. The number of hydrogen-bond acceptors (Lipinski definition) is 3. The first-order chi connectivity index (χ1) is 9.31. The summed E-state index contributed by atoms with van der Waals surface area (Å²) in [7, 11) is 2.17. The number of thioether (sulfide) groups is 1. The van der Waals surface area contributed by atoms with Crippen LogP contribution >= 0.6 is 11.8 Å². The molecule has 0 aromatic rings. The molecule has 3 fully saturated rings. The van der Waals surface area contributed by atoms with E-state index in [0.717, 1.165) is 24.5 Å². The maximum Gasteiger partial charge on any atom is 0.0685 e. The Morgan fingerprint density at radius 3 is 2.68 bits per heavy atom. The monoisotopic (exact) mass is 283 g/mol. The van der Waals surface area contributed by atoms with Gasteiger partial charge in [0.2, 0.25) is 0 Å². The lowest BCUT2D eigenvalue weighted by atomic mass is 9.69. The maximum atomic E-state index is 6.09. The van der Waals surface area contributed by atoms with E-state index in [1.54, 1.807) is 0 Å². The largest absolute Gasteiger partial charge is 0.375 e. The fraction of sp³-hybridized carbons (Fsp3) is 1.00. The molecule has 2 saturated heterocycles. The van der Waals surface area contributed by atoms with E-state index in [0.29, 0.717) is 5.60 Å². The minimum Gasteiger partial charge on any atom is -0.375 e. The number of hydrogen-bond donors (Lipinski definition) is 1. The third kappa shape index (κ3) is 3.30. The number of ether oxygens (including phenoxy) is 1. The fourth-order valence-corrected chi connectivity index (χ4v) is 5.42. The lowest BCUT2D eigenvalue weighted by Crippen LogP contribution is -2.50. The van der Waals surface area contributed by atoms with Crippen molar-refractivity contribution in [1.82, 2.24) is 5.32 Å². The first-order valence-corrected chi connectivity index (χ1v) is 9.36. The summed E-state index contributed by atoms with van der Waals surface area (Å²) in [6.45, 7) is 1.00. The third-order valence-electron chi connectivity index (χ3n) is 5.66. The van der Waals surface area contributed by atoms with Gasteiger partial charge >= 0.3 is 0 Å². The van der Waals surface area contributed by atoms with E-state index < -0.39 is 0 Å². The van der Waals surface area contributed by atoms with Gasteiger partial charge in [0.05, 0.1) is 5.60 Å². The smallest absolute Gasteiger partial charge is 0.0685 e. The van der Waals surface area contributed by atoms with E-state index in [1.165, 1.54) is 62.9 Å². The van der Waals surface area contributed by atoms with Crippen LogP contribution in [0.2, 0.25) is 0 Å². The molecule has 2 atom stereocenters. The van der Waals surface area contributed by atoms with Crippen molar-refractivity contribution in [2.75, 3.05) is 25.2 Å². The highest BCUT2D eigenvalue weighted by Gasteiger charge is 2.44. The molecule has 2 heterocycles. The van der Waals surface area contributed by atoms with Gasteiger partial charge in [0.25, 0.3) is 0 Å². The lowest BCUT2D eigenvalue weighted by molar-refractivity contribution is -0.147. The van der Waals surface area contributed by atoms with Crippen molar-refractivity contribution >= 4 is 11.8 Å². The minimum atomic E-state index is 0.306. The van der Waals surface area contributed by atoms with Gasteiger partial charge in [-0.1, -0.05) is 0 Å². The van der Waals surface area contributed by atoms with Crippen molar-refractivity contribution in [3.63, 3.8) is 0 Å². The topological polar surface area (TPSA) is 21.3 Å². The molecular formula is C16H29NOS. The first kappa shape index (κ1) is 14.2. The molecule has 0 aromatic heterocycles. The molecule has 3 heteroatoms. The van der Waals surface area contributed by atoms with Crippen molar-refractivity contribution in [1.29, 1.82) is 0 Å². The van der Waals surface area contributed by atoms with Crippen molar-refractivity contribution in [2.24, 2.45) is 11.8 Å².